The van der Waals surface area contributed by atoms with E-state index in [2.05, 4.69) is 20.3 Å². The summed E-state index contributed by atoms with van der Waals surface area (Å²) in [6, 6.07) is 5.37. The van der Waals surface area contributed by atoms with Crippen LogP contribution in [0.15, 0.2) is 41.3 Å². The Labute approximate surface area is 280 Å². The molecule has 4 heterocycles. The van der Waals surface area contributed by atoms with Crippen molar-refractivity contribution >= 4 is 34.7 Å². The van der Waals surface area contributed by atoms with E-state index in [9.17, 15) is 31.9 Å². The summed E-state index contributed by atoms with van der Waals surface area (Å²) in [5, 5.41) is 1.32. The van der Waals surface area contributed by atoms with Crippen molar-refractivity contribution in [2.24, 2.45) is 0 Å². The topological polar surface area (TPSA) is 131 Å². The minimum atomic E-state index is -4.89. The van der Waals surface area contributed by atoms with Gasteiger partial charge >= 0.3 is 24.1 Å². The number of pyridine rings is 1. The third kappa shape index (κ3) is 7.12. The number of fused-ring (bicyclic) bond motifs is 2. The number of halogens is 5. The summed E-state index contributed by atoms with van der Waals surface area (Å²) in [6.07, 6.45) is -5.78. The fraction of sp³-hybridized carbons (Fsp3) is 0.469. The van der Waals surface area contributed by atoms with Crippen molar-refractivity contribution in [1.29, 1.82) is 0 Å². The monoisotopic (exact) mass is 708 g/mol. The maximum Gasteiger partial charge on any atom is 0.443 e. The van der Waals surface area contributed by atoms with E-state index in [0.717, 1.165) is 6.07 Å². The number of carbonyl (C=O) groups excluding carboxylic acids is 2. The summed E-state index contributed by atoms with van der Waals surface area (Å²) in [6.45, 7) is 5.16. The van der Waals surface area contributed by atoms with E-state index < -0.39 is 58.7 Å². The van der Waals surface area contributed by atoms with Gasteiger partial charge in [-0.2, -0.15) is 13.2 Å². The van der Waals surface area contributed by atoms with Gasteiger partial charge in [-0.05, 0) is 70.2 Å². The number of thiazole rings is 1. The van der Waals surface area contributed by atoms with Crippen LogP contribution in [0, 0.1) is 11.6 Å². The van der Waals surface area contributed by atoms with Gasteiger partial charge in [-0.3, -0.25) is 9.55 Å². The Hall–Kier alpha value is -4.54. The van der Waals surface area contributed by atoms with Crippen molar-refractivity contribution in [2.45, 2.75) is 82.3 Å². The summed E-state index contributed by atoms with van der Waals surface area (Å²) in [4.78, 5) is 51.2. The Bertz CT molecular complexity index is 1930. The largest absolute Gasteiger partial charge is 0.444 e. The van der Waals surface area contributed by atoms with Crippen LogP contribution in [0.1, 0.15) is 91.7 Å². The van der Waals surface area contributed by atoms with Gasteiger partial charge in [0.25, 0.3) is 0 Å². The molecule has 4 aromatic rings. The number of aromatic nitrogens is 4. The molecular formula is C32H33F5N6O5S. The molecule has 1 aliphatic heterocycles. The van der Waals surface area contributed by atoms with Gasteiger partial charge in [0.2, 0.25) is 0 Å². The number of imidazole rings is 1. The second-order valence-electron chi connectivity index (χ2n) is 13.0. The average Bonchev–Trinajstić information content (AvgIpc) is 3.59. The van der Waals surface area contributed by atoms with Crippen LogP contribution in [0.3, 0.4) is 0 Å². The zero-order chi connectivity index (χ0) is 35.2. The SMILES string of the molecule is CC(C)(C)OC(=O)N[C@@H]1c2sc(C(F)(F)F)nc2[C@H](OC(=O)N2CCC(n3c(=O)[nH]c4ncccc43)CC2)CC[C@H]1c1cccc(F)c1F. The summed E-state index contributed by atoms with van der Waals surface area (Å²) in [5.41, 5.74) is -0.654. The summed E-state index contributed by atoms with van der Waals surface area (Å²) >= 11 is 0.232. The molecule has 3 aromatic heterocycles. The molecule has 49 heavy (non-hydrogen) atoms. The smallest absolute Gasteiger partial charge is 0.443 e. The molecule has 6 rings (SSSR count). The van der Waals surface area contributed by atoms with Gasteiger partial charge in [0.1, 0.15) is 11.7 Å². The van der Waals surface area contributed by atoms with Crippen LogP contribution in [-0.4, -0.2) is 55.3 Å². The normalized spacial score (nSPS) is 20.5. The van der Waals surface area contributed by atoms with E-state index in [-0.39, 0.29) is 65.1 Å². The molecule has 3 atom stereocenters. The molecule has 1 fully saturated rings. The highest BCUT2D eigenvalue weighted by Gasteiger charge is 2.44. The van der Waals surface area contributed by atoms with Crippen molar-refractivity contribution in [3.05, 3.63) is 79.8 Å². The molecule has 17 heteroatoms. The zero-order valence-electron chi connectivity index (χ0n) is 26.6. The van der Waals surface area contributed by atoms with Crippen LogP contribution in [0.2, 0.25) is 0 Å². The first-order chi connectivity index (χ1) is 23.1. The molecule has 0 bridgehead atoms. The lowest BCUT2D eigenvalue weighted by Gasteiger charge is -2.32. The minimum Gasteiger partial charge on any atom is -0.444 e. The molecule has 0 spiro atoms. The highest BCUT2D eigenvalue weighted by molar-refractivity contribution is 7.12. The van der Waals surface area contributed by atoms with Crippen molar-refractivity contribution in [3.8, 4) is 0 Å². The Morgan fingerprint density at radius 3 is 2.47 bits per heavy atom. The number of aromatic amines is 1. The van der Waals surface area contributed by atoms with Crippen LogP contribution < -0.4 is 11.0 Å². The fourth-order valence-electron chi connectivity index (χ4n) is 6.42. The van der Waals surface area contributed by atoms with Gasteiger partial charge in [-0.1, -0.05) is 12.1 Å². The molecule has 2 aliphatic rings. The third-order valence-electron chi connectivity index (χ3n) is 8.53. The molecule has 1 aliphatic carbocycles. The molecule has 2 amide bonds. The Kier molecular flexibility index (Phi) is 9.15. The second-order valence-corrected chi connectivity index (χ2v) is 14.0. The Morgan fingerprint density at radius 1 is 1.04 bits per heavy atom. The number of alkyl halides is 3. The van der Waals surface area contributed by atoms with E-state index >= 15 is 4.39 Å². The summed E-state index contributed by atoms with van der Waals surface area (Å²) in [7, 11) is 0. The van der Waals surface area contributed by atoms with Gasteiger partial charge in [-0.25, -0.2) is 33.1 Å². The Balaban J connectivity index is 1.29. The number of hydrogen-bond acceptors (Lipinski definition) is 8. The number of hydrogen-bond donors (Lipinski definition) is 2. The quantitative estimate of drug-likeness (QED) is 0.170. The minimum absolute atomic E-state index is 0.0250. The molecule has 0 unspecified atom stereocenters. The number of carbonyl (C=O) groups is 2. The van der Waals surface area contributed by atoms with Gasteiger partial charge < -0.3 is 19.7 Å². The molecule has 11 nitrogen and oxygen atoms in total. The van der Waals surface area contributed by atoms with Crippen molar-refractivity contribution in [2.75, 3.05) is 13.1 Å². The standard InChI is InChI=1S/C32H33F5N6O5S/c1-31(2,3)48-29(45)40-23-18(17-6-4-7-19(33)22(17)34)9-10-21(24-25(23)49-27(39-24)32(35,36)37)47-30(46)42-14-11-16(12-15-42)43-20-8-5-13-38-26(20)41-28(43)44/h4-8,13,16,18,21,23H,9-12,14-15H2,1-3H3,(H,40,45)(H,38,41,44)/t18-,21+,23-/m0/s1. The number of nitrogens with zero attached hydrogens (tertiary/aromatic N) is 4. The van der Waals surface area contributed by atoms with Crippen LogP contribution in [-0.2, 0) is 15.7 Å². The molecular weight excluding hydrogens is 675 g/mol. The van der Waals surface area contributed by atoms with Crippen LogP contribution in [0.25, 0.3) is 11.2 Å². The maximum absolute atomic E-state index is 15.2. The number of amides is 2. The first-order valence-electron chi connectivity index (χ1n) is 15.6. The lowest BCUT2D eigenvalue weighted by molar-refractivity contribution is -0.137. The number of ether oxygens (including phenoxy) is 2. The maximum atomic E-state index is 15.2. The van der Waals surface area contributed by atoms with Crippen molar-refractivity contribution in [1.82, 2.24) is 29.7 Å². The molecule has 262 valence electrons. The van der Waals surface area contributed by atoms with Gasteiger partial charge in [-0.15, -0.1) is 11.3 Å². The van der Waals surface area contributed by atoms with E-state index in [1.807, 2.05) is 0 Å². The van der Waals surface area contributed by atoms with Gasteiger partial charge in [0.15, 0.2) is 22.3 Å². The van der Waals surface area contributed by atoms with Crippen LogP contribution in [0.5, 0.6) is 0 Å². The number of likely N-dealkylation sites (tertiary alicyclic amines) is 1. The van der Waals surface area contributed by atoms with Gasteiger partial charge in [0.05, 0.1) is 22.1 Å². The number of nitrogens with one attached hydrogen (secondary N) is 2. The lowest BCUT2D eigenvalue weighted by Crippen LogP contribution is -2.41. The van der Waals surface area contributed by atoms with Crippen LogP contribution in [0.4, 0.5) is 31.5 Å². The highest BCUT2D eigenvalue weighted by atomic mass is 32.1. The number of benzene rings is 1. The van der Waals surface area contributed by atoms with E-state index in [0.29, 0.717) is 24.0 Å². The molecule has 2 N–H and O–H groups in total. The predicted octanol–water partition coefficient (Wildman–Crippen LogP) is 7.14. The summed E-state index contributed by atoms with van der Waals surface area (Å²) < 4.78 is 84.7. The van der Waals surface area contributed by atoms with Crippen molar-refractivity contribution < 1.29 is 41.0 Å². The fourth-order valence-corrected chi connectivity index (χ4v) is 7.52. The number of piperidine rings is 1. The highest BCUT2D eigenvalue weighted by Crippen LogP contribution is 2.49. The van der Waals surface area contributed by atoms with E-state index in [1.165, 1.54) is 17.0 Å². The summed E-state index contributed by atoms with van der Waals surface area (Å²) in [5.74, 6) is -3.46. The van der Waals surface area contributed by atoms with E-state index in [4.69, 9.17) is 9.47 Å². The average molecular weight is 709 g/mol. The number of alkyl carbamates (subject to hydrolysis) is 1. The second kappa shape index (κ2) is 13.1. The zero-order valence-corrected chi connectivity index (χ0v) is 27.5. The van der Waals surface area contributed by atoms with Gasteiger partial charge in [0, 0.05) is 31.2 Å². The van der Waals surface area contributed by atoms with Crippen molar-refractivity contribution in [3.63, 3.8) is 0 Å². The first kappa shape index (κ1) is 34.3. The number of rotatable bonds is 4. The first-order valence-corrected chi connectivity index (χ1v) is 16.4. The molecule has 1 saturated heterocycles. The molecule has 0 saturated carbocycles. The third-order valence-corrected chi connectivity index (χ3v) is 9.73. The Morgan fingerprint density at radius 2 is 1.78 bits per heavy atom. The molecule has 0 radical (unpaired) electrons. The van der Waals surface area contributed by atoms with Crippen LogP contribution >= 0.6 is 11.3 Å². The molecule has 1 aromatic carbocycles. The van der Waals surface area contributed by atoms with E-state index in [1.54, 1.807) is 43.7 Å². The lowest BCUT2D eigenvalue weighted by atomic mass is 9.87. The number of H-pyrrole nitrogens is 1. The predicted molar refractivity (Wildman–Crippen MR) is 167 cm³/mol.